The highest BCUT2D eigenvalue weighted by Crippen LogP contribution is 2.35. The van der Waals surface area contributed by atoms with Crippen molar-refractivity contribution in [1.82, 2.24) is 5.32 Å². The molecule has 2 heterocycles. The van der Waals surface area contributed by atoms with Gasteiger partial charge in [0.25, 0.3) is 0 Å². The predicted molar refractivity (Wildman–Crippen MR) is 75.4 cm³/mol. The van der Waals surface area contributed by atoms with E-state index >= 15 is 0 Å². The van der Waals surface area contributed by atoms with Crippen LogP contribution in [0.25, 0.3) is 0 Å². The van der Waals surface area contributed by atoms with E-state index in [1.54, 1.807) is 0 Å². The number of para-hydroxylation sites is 1. The van der Waals surface area contributed by atoms with Crippen LogP contribution in [-0.2, 0) is 4.74 Å². The van der Waals surface area contributed by atoms with Gasteiger partial charge in [0.05, 0.1) is 13.2 Å². The van der Waals surface area contributed by atoms with E-state index in [1.807, 2.05) is 6.07 Å². The maximum Gasteiger partial charge on any atom is 0.124 e. The number of ether oxygens (including phenoxy) is 2. The van der Waals surface area contributed by atoms with Gasteiger partial charge in [0.2, 0.25) is 0 Å². The molecule has 104 valence electrons. The Kier molecular flexibility index (Phi) is 4.04. The minimum absolute atomic E-state index is 0.409. The summed E-state index contributed by atoms with van der Waals surface area (Å²) in [6.07, 6.45) is 2.48. The first kappa shape index (κ1) is 12.9. The van der Waals surface area contributed by atoms with E-state index < -0.39 is 0 Å². The Bertz CT molecular complexity index is 415. The minimum Gasteiger partial charge on any atom is -0.493 e. The average molecular weight is 261 g/mol. The van der Waals surface area contributed by atoms with Crippen LogP contribution in [0.4, 0.5) is 0 Å². The summed E-state index contributed by atoms with van der Waals surface area (Å²) in [7, 11) is 0. The van der Waals surface area contributed by atoms with Crippen molar-refractivity contribution >= 4 is 0 Å². The highest BCUT2D eigenvalue weighted by atomic mass is 16.5. The monoisotopic (exact) mass is 261 g/mol. The molecule has 0 aliphatic carbocycles. The molecule has 1 saturated heterocycles. The Morgan fingerprint density at radius 3 is 3.00 bits per heavy atom. The topological polar surface area (TPSA) is 30.5 Å². The Morgan fingerprint density at radius 2 is 2.16 bits per heavy atom. The predicted octanol–water partition coefficient (Wildman–Crippen LogP) is 2.77. The molecule has 0 amide bonds. The summed E-state index contributed by atoms with van der Waals surface area (Å²) >= 11 is 0. The van der Waals surface area contributed by atoms with E-state index in [0.29, 0.717) is 17.9 Å². The lowest BCUT2D eigenvalue weighted by Gasteiger charge is -2.34. The lowest BCUT2D eigenvalue weighted by molar-refractivity contribution is 0.0518. The summed E-state index contributed by atoms with van der Waals surface area (Å²) in [6, 6.07) is 8.80. The molecule has 1 aromatic rings. The smallest absolute Gasteiger partial charge is 0.124 e. The third kappa shape index (κ3) is 2.93. The van der Waals surface area contributed by atoms with Crippen molar-refractivity contribution in [3.05, 3.63) is 29.8 Å². The quantitative estimate of drug-likeness (QED) is 0.907. The molecule has 0 spiro atoms. The lowest BCUT2D eigenvalue weighted by Crippen LogP contribution is -2.38. The standard InChI is InChI=1S/C16H23NO2/c1-12-10-19-15-7-3-2-6-14(15)16(12)17-9-13-5-4-8-18-11-13/h2-3,6-7,12-13,16-17H,4-5,8-11H2,1H3. The third-order valence-corrected chi connectivity index (χ3v) is 4.21. The molecule has 0 radical (unpaired) electrons. The fourth-order valence-electron chi connectivity index (χ4n) is 3.07. The van der Waals surface area contributed by atoms with Crippen LogP contribution < -0.4 is 10.1 Å². The van der Waals surface area contributed by atoms with Gasteiger partial charge in [-0.2, -0.15) is 0 Å². The second kappa shape index (κ2) is 5.93. The van der Waals surface area contributed by atoms with Gasteiger partial charge in [-0.05, 0) is 24.8 Å². The van der Waals surface area contributed by atoms with Crippen molar-refractivity contribution in [1.29, 1.82) is 0 Å². The molecule has 2 aliphatic rings. The molecule has 3 unspecified atom stereocenters. The molecule has 0 saturated carbocycles. The largest absolute Gasteiger partial charge is 0.493 e. The van der Waals surface area contributed by atoms with Crippen molar-refractivity contribution < 1.29 is 9.47 Å². The molecule has 19 heavy (non-hydrogen) atoms. The van der Waals surface area contributed by atoms with Crippen molar-refractivity contribution in [2.24, 2.45) is 11.8 Å². The molecular formula is C16H23NO2. The zero-order chi connectivity index (χ0) is 13.1. The fraction of sp³-hybridized carbons (Fsp3) is 0.625. The van der Waals surface area contributed by atoms with Gasteiger partial charge in [-0.1, -0.05) is 25.1 Å². The van der Waals surface area contributed by atoms with E-state index in [-0.39, 0.29) is 0 Å². The van der Waals surface area contributed by atoms with Gasteiger partial charge in [-0.25, -0.2) is 0 Å². The van der Waals surface area contributed by atoms with Crippen LogP contribution in [0.2, 0.25) is 0 Å². The van der Waals surface area contributed by atoms with Gasteiger partial charge in [0.1, 0.15) is 5.75 Å². The summed E-state index contributed by atoms with van der Waals surface area (Å²) in [5.41, 5.74) is 1.30. The molecule has 1 N–H and O–H groups in total. The van der Waals surface area contributed by atoms with Crippen LogP contribution in [0.3, 0.4) is 0 Å². The Morgan fingerprint density at radius 1 is 1.26 bits per heavy atom. The number of hydrogen-bond acceptors (Lipinski definition) is 3. The van der Waals surface area contributed by atoms with Crippen LogP contribution in [0.1, 0.15) is 31.4 Å². The number of benzene rings is 1. The maximum atomic E-state index is 5.79. The molecule has 0 bridgehead atoms. The first-order valence-electron chi connectivity index (χ1n) is 7.37. The van der Waals surface area contributed by atoms with Crippen LogP contribution in [-0.4, -0.2) is 26.4 Å². The second-order valence-corrected chi connectivity index (χ2v) is 5.80. The number of rotatable bonds is 3. The van der Waals surface area contributed by atoms with Gasteiger partial charge in [-0.15, -0.1) is 0 Å². The molecule has 0 aromatic heterocycles. The molecule has 1 aromatic carbocycles. The molecule has 2 aliphatic heterocycles. The van der Waals surface area contributed by atoms with Crippen molar-refractivity contribution in [2.45, 2.75) is 25.8 Å². The van der Waals surface area contributed by atoms with E-state index in [4.69, 9.17) is 9.47 Å². The summed E-state index contributed by atoms with van der Waals surface area (Å²) in [4.78, 5) is 0. The maximum absolute atomic E-state index is 5.79. The first-order valence-corrected chi connectivity index (χ1v) is 7.37. The van der Waals surface area contributed by atoms with Gasteiger partial charge in [-0.3, -0.25) is 0 Å². The van der Waals surface area contributed by atoms with Crippen molar-refractivity contribution in [3.63, 3.8) is 0 Å². The van der Waals surface area contributed by atoms with E-state index in [0.717, 1.165) is 32.1 Å². The summed E-state index contributed by atoms with van der Waals surface area (Å²) < 4.78 is 11.3. The van der Waals surface area contributed by atoms with Crippen LogP contribution in [0.5, 0.6) is 5.75 Å². The molecular weight excluding hydrogens is 238 g/mol. The van der Waals surface area contributed by atoms with Gasteiger partial charge in [0, 0.05) is 30.7 Å². The zero-order valence-electron chi connectivity index (χ0n) is 11.6. The highest BCUT2D eigenvalue weighted by molar-refractivity contribution is 5.37. The fourth-order valence-corrected chi connectivity index (χ4v) is 3.07. The van der Waals surface area contributed by atoms with Crippen LogP contribution >= 0.6 is 0 Å². The van der Waals surface area contributed by atoms with Crippen molar-refractivity contribution in [3.8, 4) is 5.75 Å². The summed E-state index contributed by atoms with van der Waals surface area (Å²) in [6.45, 7) is 5.95. The lowest BCUT2D eigenvalue weighted by atomic mass is 9.91. The van der Waals surface area contributed by atoms with Gasteiger partial charge < -0.3 is 14.8 Å². The van der Waals surface area contributed by atoms with Crippen molar-refractivity contribution in [2.75, 3.05) is 26.4 Å². The Labute approximate surface area is 115 Å². The zero-order valence-corrected chi connectivity index (χ0v) is 11.6. The van der Waals surface area contributed by atoms with E-state index in [9.17, 15) is 0 Å². The van der Waals surface area contributed by atoms with E-state index in [2.05, 4.69) is 30.4 Å². The second-order valence-electron chi connectivity index (χ2n) is 5.80. The number of hydrogen-bond donors (Lipinski definition) is 1. The third-order valence-electron chi connectivity index (χ3n) is 4.21. The minimum atomic E-state index is 0.409. The van der Waals surface area contributed by atoms with Crippen LogP contribution in [0, 0.1) is 11.8 Å². The average Bonchev–Trinajstić information content (AvgIpc) is 2.47. The first-order chi connectivity index (χ1) is 9.34. The van der Waals surface area contributed by atoms with E-state index in [1.165, 1.54) is 18.4 Å². The molecule has 3 nitrogen and oxygen atoms in total. The normalized spacial score (nSPS) is 30.5. The van der Waals surface area contributed by atoms with Crippen LogP contribution in [0.15, 0.2) is 24.3 Å². The molecule has 3 rings (SSSR count). The highest BCUT2D eigenvalue weighted by Gasteiger charge is 2.28. The van der Waals surface area contributed by atoms with Gasteiger partial charge in [0.15, 0.2) is 0 Å². The molecule has 3 heteroatoms. The molecule has 1 fully saturated rings. The summed E-state index contributed by atoms with van der Waals surface area (Å²) in [5.74, 6) is 2.22. The SMILES string of the molecule is CC1COc2ccccc2C1NCC1CCCOC1. The summed E-state index contributed by atoms with van der Waals surface area (Å²) in [5, 5.41) is 3.74. The van der Waals surface area contributed by atoms with Gasteiger partial charge >= 0.3 is 0 Å². The Balaban J connectivity index is 1.65. The Hall–Kier alpha value is -1.06. The number of nitrogens with one attached hydrogen (secondary N) is 1. The number of fused-ring (bicyclic) bond motifs is 1. The molecule has 3 atom stereocenters.